The van der Waals surface area contributed by atoms with Crippen LogP contribution in [0, 0.1) is 5.92 Å². The van der Waals surface area contributed by atoms with Gasteiger partial charge in [0.05, 0.1) is 10.2 Å². The van der Waals surface area contributed by atoms with Crippen LogP contribution >= 0.6 is 11.3 Å². The predicted octanol–water partition coefficient (Wildman–Crippen LogP) is 2.87. The van der Waals surface area contributed by atoms with Crippen LogP contribution in [0.2, 0.25) is 0 Å². The van der Waals surface area contributed by atoms with Crippen LogP contribution < -0.4 is 11.1 Å². The van der Waals surface area contributed by atoms with E-state index in [9.17, 15) is 0 Å². The van der Waals surface area contributed by atoms with E-state index in [-0.39, 0.29) is 0 Å². The maximum absolute atomic E-state index is 5.65. The zero-order valence-electron chi connectivity index (χ0n) is 10.7. The molecule has 0 spiro atoms. The molecule has 4 nitrogen and oxygen atoms in total. The first-order valence-electron chi connectivity index (χ1n) is 6.47. The molecule has 2 heterocycles. The Kier molecular flexibility index (Phi) is 4.90. The summed E-state index contributed by atoms with van der Waals surface area (Å²) in [6, 6.07) is 2.02. The molecule has 1 unspecified atom stereocenters. The zero-order valence-corrected chi connectivity index (χ0v) is 11.5. The smallest absolute Gasteiger partial charge is 0.147 e. The van der Waals surface area contributed by atoms with Crippen molar-refractivity contribution in [3.05, 3.63) is 17.8 Å². The lowest BCUT2D eigenvalue weighted by Gasteiger charge is -2.16. The minimum Gasteiger partial charge on any atom is -0.369 e. The van der Waals surface area contributed by atoms with E-state index < -0.39 is 0 Å². The van der Waals surface area contributed by atoms with Crippen molar-refractivity contribution in [3.63, 3.8) is 0 Å². The average molecular weight is 264 g/mol. The van der Waals surface area contributed by atoms with Gasteiger partial charge in [-0.2, -0.15) is 0 Å². The molecule has 18 heavy (non-hydrogen) atoms. The number of thiophene rings is 1. The first kappa shape index (κ1) is 13.2. The van der Waals surface area contributed by atoms with Crippen LogP contribution in [-0.2, 0) is 0 Å². The number of fused-ring (bicyclic) bond motifs is 1. The van der Waals surface area contributed by atoms with Gasteiger partial charge in [0.2, 0.25) is 0 Å². The average Bonchev–Trinajstić information content (AvgIpc) is 2.85. The summed E-state index contributed by atoms with van der Waals surface area (Å²) in [4.78, 5) is 8.57. The maximum Gasteiger partial charge on any atom is 0.147 e. The summed E-state index contributed by atoms with van der Waals surface area (Å²) < 4.78 is 1.14. The third kappa shape index (κ3) is 3.17. The molecule has 0 aliphatic carbocycles. The number of nitrogens with one attached hydrogen (secondary N) is 1. The van der Waals surface area contributed by atoms with Crippen molar-refractivity contribution in [3.8, 4) is 0 Å². The number of rotatable bonds is 7. The zero-order chi connectivity index (χ0) is 12.8. The minimum atomic E-state index is 0.630. The largest absolute Gasteiger partial charge is 0.369 e. The van der Waals surface area contributed by atoms with E-state index in [2.05, 4.69) is 22.2 Å². The number of hydrogen-bond acceptors (Lipinski definition) is 5. The molecule has 2 aromatic heterocycles. The van der Waals surface area contributed by atoms with Gasteiger partial charge < -0.3 is 11.1 Å². The van der Waals surface area contributed by atoms with Crippen LogP contribution in [0.3, 0.4) is 0 Å². The van der Waals surface area contributed by atoms with Gasteiger partial charge in [0.1, 0.15) is 12.1 Å². The molecule has 0 aliphatic heterocycles. The molecule has 0 aromatic carbocycles. The summed E-state index contributed by atoms with van der Waals surface area (Å²) in [5.74, 6) is 1.58. The van der Waals surface area contributed by atoms with Gasteiger partial charge in [-0.15, -0.1) is 11.3 Å². The molecule has 0 saturated carbocycles. The number of nitrogens with two attached hydrogens (primary N) is 1. The van der Waals surface area contributed by atoms with Gasteiger partial charge in [-0.25, -0.2) is 9.97 Å². The van der Waals surface area contributed by atoms with Crippen molar-refractivity contribution in [2.75, 3.05) is 18.4 Å². The standard InChI is InChI=1S/C13H20N4S/c1-2-3-10(4-6-14)8-15-13-12-11(5-7-18-12)16-9-17-13/h5,7,9-10H,2-4,6,8,14H2,1H3,(H,15,16,17). The Bertz CT molecular complexity index is 477. The molecule has 5 heteroatoms. The molecular weight excluding hydrogens is 244 g/mol. The van der Waals surface area contributed by atoms with Gasteiger partial charge >= 0.3 is 0 Å². The van der Waals surface area contributed by atoms with E-state index >= 15 is 0 Å². The van der Waals surface area contributed by atoms with Crippen molar-refractivity contribution in [1.82, 2.24) is 9.97 Å². The highest BCUT2D eigenvalue weighted by atomic mass is 32.1. The second-order valence-corrected chi connectivity index (χ2v) is 5.39. The van der Waals surface area contributed by atoms with Crippen LogP contribution in [-0.4, -0.2) is 23.1 Å². The van der Waals surface area contributed by atoms with E-state index in [0.29, 0.717) is 5.92 Å². The highest BCUT2D eigenvalue weighted by Gasteiger charge is 2.09. The highest BCUT2D eigenvalue weighted by molar-refractivity contribution is 7.17. The highest BCUT2D eigenvalue weighted by Crippen LogP contribution is 2.25. The van der Waals surface area contributed by atoms with Gasteiger partial charge in [0.25, 0.3) is 0 Å². The fourth-order valence-electron chi connectivity index (χ4n) is 2.15. The monoisotopic (exact) mass is 264 g/mol. The van der Waals surface area contributed by atoms with Gasteiger partial charge in [-0.05, 0) is 36.8 Å². The van der Waals surface area contributed by atoms with Crippen molar-refractivity contribution >= 4 is 27.4 Å². The van der Waals surface area contributed by atoms with Crippen molar-refractivity contribution in [1.29, 1.82) is 0 Å². The van der Waals surface area contributed by atoms with Gasteiger partial charge in [-0.3, -0.25) is 0 Å². The van der Waals surface area contributed by atoms with E-state index in [1.54, 1.807) is 17.7 Å². The Balaban J connectivity index is 2.02. The summed E-state index contributed by atoms with van der Waals surface area (Å²) in [6.45, 7) is 3.91. The molecular formula is C13H20N4S. The summed E-state index contributed by atoms with van der Waals surface area (Å²) in [5.41, 5.74) is 6.67. The van der Waals surface area contributed by atoms with Crippen molar-refractivity contribution in [2.45, 2.75) is 26.2 Å². The lowest BCUT2D eigenvalue weighted by atomic mass is 10.00. The second-order valence-electron chi connectivity index (χ2n) is 4.47. The quantitative estimate of drug-likeness (QED) is 0.807. The Morgan fingerprint density at radius 3 is 3.06 bits per heavy atom. The third-order valence-electron chi connectivity index (χ3n) is 3.07. The Morgan fingerprint density at radius 2 is 2.28 bits per heavy atom. The molecule has 0 radical (unpaired) electrons. The van der Waals surface area contributed by atoms with E-state index in [4.69, 9.17) is 5.73 Å². The topological polar surface area (TPSA) is 63.8 Å². The predicted molar refractivity (Wildman–Crippen MR) is 78.0 cm³/mol. The molecule has 98 valence electrons. The minimum absolute atomic E-state index is 0.630. The summed E-state index contributed by atoms with van der Waals surface area (Å²) in [6.07, 6.45) is 5.10. The maximum atomic E-state index is 5.65. The molecule has 0 saturated heterocycles. The number of anilines is 1. The van der Waals surface area contributed by atoms with Crippen LogP contribution in [0.25, 0.3) is 10.2 Å². The Morgan fingerprint density at radius 1 is 1.39 bits per heavy atom. The number of hydrogen-bond donors (Lipinski definition) is 2. The Labute approximate surface area is 112 Å². The van der Waals surface area contributed by atoms with Crippen LogP contribution in [0.15, 0.2) is 17.8 Å². The molecule has 1 atom stereocenters. The van der Waals surface area contributed by atoms with Gasteiger partial charge in [-0.1, -0.05) is 13.3 Å². The molecule has 2 rings (SSSR count). The summed E-state index contributed by atoms with van der Waals surface area (Å²) in [5, 5.41) is 5.50. The lowest BCUT2D eigenvalue weighted by Crippen LogP contribution is -2.18. The fourth-order valence-corrected chi connectivity index (χ4v) is 2.96. The van der Waals surface area contributed by atoms with Crippen LogP contribution in [0.5, 0.6) is 0 Å². The van der Waals surface area contributed by atoms with Gasteiger partial charge in [0, 0.05) is 6.54 Å². The second kappa shape index (κ2) is 6.66. The molecule has 0 bridgehead atoms. The van der Waals surface area contributed by atoms with Crippen LogP contribution in [0.1, 0.15) is 26.2 Å². The van der Waals surface area contributed by atoms with E-state index in [1.807, 2.05) is 11.4 Å². The van der Waals surface area contributed by atoms with Crippen molar-refractivity contribution < 1.29 is 0 Å². The summed E-state index contributed by atoms with van der Waals surface area (Å²) >= 11 is 1.68. The van der Waals surface area contributed by atoms with Crippen LogP contribution in [0.4, 0.5) is 5.82 Å². The fraction of sp³-hybridized carbons (Fsp3) is 0.538. The lowest BCUT2D eigenvalue weighted by molar-refractivity contribution is 0.473. The van der Waals surface area contributed by atoms with Crippen molar-refractivity contribution in [2.24, 2.45) is 11.7 Å². The molecule has 0 amide bonds. The molecule has 0 fully saturated rings. The van der Waals surface area contributed by atoms with Gasteiger partial charge in [0.15, 0.2) is 0 Å². The first-order chi connectivity index (χ1) is 8.85. The van der Waals surface area contributed by atoms with E-state index in [0.717, 1.165) is 35.5 Å². The normalized spacial score (nSPS) is 12.8. The molecule has 0 aliphatic rings. The molecule has 3 N–H and O–H groups in total. The number of aromatic nitrogens is 2. The Hall–Kier alpha value is -1.20. The SMILES string of the molecule is CCCC(CCN)CNc1ncnc2ccsc12. The number of nitrogens with zero attached hydrogens (tertiary/aromatic N) is 2. The first-order valence-corrected chi connectivity index (χ1v) is 7.35. The third-order valence-corrected chi connectivity index (χ3v) is 3.98. The molecule has 2 aromatic rings. The van der Waals surface area contributed by atoms with E-state index in [1.165, 1.54) is 12.8 Å². The summed E-state index contributed by atoms with van der Waals surface area (Å²) in [7, 11) is 0.